The highest BCUT2D eigenvalue weighted by atomic mass is 16.5. The highest BCUT2D eigenvalue weighted by Gasteiger charge is 2.40. The number of rotatable bonds is 2. The molecule has 3 fully saturated rings. The first-order valence-electron chi connectivity index (χ1n) is 7.89. The quantitative estimate of drug-likeness (QED) is 0.889. The third kappa shape index (κ3) is 2.20. The molecule has 5 heterocycles. The molecule has 0 radical (unpaired) electrons. The summed E-state index contributed by atoms with van der Waals surface area (Å²) in [5.41, 5.74) is 1.61. The van der Waals surface area contributed by atoms with Gasteiger partial charge in [-0.05, 0) is 44.8 Å². The summed E-state index contributed by atoms with van der Waals surface area (Å²) in [5, 5.41) is 3.22. The predicted octanol–water partition coefficient (Wildman–Crippen LogP) is 1.23. The summed E-state index contributed by atoms with van der Waals surface area (Å²) in [7, 11) is 0. The van der Waals surface area contributed by atoms with E-state index in [4.69, 9.17) is 4.74 Å². The Bertz CT molecular complexity index is 565. The molecule has 5 heteroatoms. The Kier molecular flexibility index (Phi) is 3.10. The minimum atomic E-state index is -0.0460. The monoisotopic (exact) mass is 287 g/mol. The summed E-state index contributed by atoms with van der Waals surface area (Å²) >= 11 is 0. The van der Waals surface area contributed by atoms with Gasteiger partial charge in [0.05, 0.1) is 12.8 Å². The number of piperidine rings is 3. The Morgan fingerprint density at radius 1 is 1.43 bits per heavy atom. The molecule has 0 spiro atoms. The summed E-state index contributed by atoms with van der Waals surface area (Å²) in [6.07, 6.45) is 4.94. The fraction of sp³-hybridized carbons (Fsp3) is 0.625. The Labute approximate surface area is 124 Å². The Morgan fingerprint density at radius 2 is 2.24 bits per heavy atom. The zero-order chi connectivity index (χ0) is 14.4. The number of nitrogens with zero attached hydrogens (tertiary/aromatic N) is 2. The van der Waals surface area contributed by atoms with Gasteiger partial charge in [0.25, 0.3) is 5.91 Å². The Morgan fingerprint density at radius 3 is 3.00 bits per heavy atom. The van der Waals surface area contributed by atoms with Crippen LogP contribution in [-0.2, 0) is 6.42 Å². The minimum Gasteiger partial charge on any atom is -0.491 e. The summed E-state index contributed by atoms with van der Waals surface area (Å²) in [6.45, 7) is 5.26. The van der Waals surface area contributed by atoms with Gasteiger partial charge in [-0.3, -0.25) is 9.69 Å². The molecule has 4 aliphatic heterocycles. The number of carbonyl (C=O) groups is 1. The molecule has 21 heavy (non-hydrogen) atoms. The molecule has 0 aromatic carbocycles. The van der Waals surface area contributed by atoms with Gasteiger partial charge in [0.15, 0.2) is 0 Å². The van der Waals surface area contributed by atoms with Crippen LogP contribution in [0, 0.1) is 5.92 Å². The normalized spacial score (nSPS) is 33.4. The van der Waals surface area contributed by atoms with Crippen LogP contribution in [0.25, 0.3) is 0 Å². The topological polar surface area (TPSA) is 54.5 Å². The first-order valence-corrected chi connectivity index (χ1v) is 7.89. The maximum Gasteiger partial charge on any atom is 0.270 e. The number of pyridine rings is 1. The molecule has 3 saturated heterocycles. The average molecular weight is 287 g/mol. The lowest BCUT2D eigenvalue weighted by molar-refractivity contribution is 0.0216. The van der Waals surface area contributed by atoms with Crippen molar-refractivity contribution in [3.8, 4) is 5.75 Å². The third-order valence-electron chi connectivity index (χ3n) is 5.29. The lowest BCUT2D eigenvalue weighted by atomic mass is 9.79. The van der Waals surface area contributed by atoms with Crippen molar-refractivity contribution in [1.29, 1.82) is 0 Å². The number of hydrogen-bond acceptors (Lipinski definition) is 4. The van der Waals surface area contributed by atoms with E-state index < -0.39 is 0 Å². The summed E-state index contributed by atoms with van der Waals surface area (Å²) in [5.74, 6) is 1.39. The predicted molar refractivity (Wildman–Crippen MR) is 78.4 cm³/mol. The van der Waals surface area contributed by atoms with Crippen molar-refractivity contribution >= 4 is 5.91 Å². The highest BCUT2D eigenvalue weighted by molar-refractivity contribution is 5.92. The molecule has 2 atom stereocenters. The standard InChI is InChI=1S/C16H21N3O2/c1-10-15(11-2-5-19(10)6-3-11)18-16(20)13-8-12-4-7-21-14(12)9-17-13/h8-11,15H,2-7H2,1H3,(H,18,20). The van der Waals surface area contributed by atoms with E-state index >= 15 is 0 Å². The first kappa shape index (κ1) is 13.1. The van der Waals surface area contributed by atoms with E-state index in [-0.39, 0.29) is 11.9 Å². The van der Waals surface area contributed by atoms with Crippen molar-refractivity contribution in [3.05, 3.63) is 23.5 Å². The van der Waals surface area contributed by atoms with Crippen LogP contribution in [0.2, 0.25) is 0 Å². The molecular weight excluding hydrogens is 266 g/mol. The molecular formula is C16H21N3O2. The number of fused-ring (bicyclic) bond motifs is 4. The van der Waals surface area contributed by atoms with Crippen LogP contribution in [0.1, 0.15) is 35.8 Å². The van der Waals surface area contributed by atoms with Crippen molar-refractivity contribution in [3.63, 3.8) is 0 Å². The van der Waals surface area contributed by atoms with E-state index in [0.717, 1.165) is 17.7 Å². The van der Waals surface area contributed by atoms with Gasteiger partial charge < -0.3 is 10.1 Å². The van der Waals surface area contributed by atoms with Crippen LogP contribution in [0.4, 0.5) is 0 Å². The van der Waals surface area contributed by atoms with Crippen molar-refractivity contribution in [2.45, 2.75) is 38.3 Å². The van der Waals surface area contributed by atoms with Crippen molar-refractivity contribution in [2.24, 2.45) is 5.92 Å². The third-order valence-corrected chi connectivity index (χ3v) is 5.29. The smallest absolute Gasteiger partial charge is 0.270 e. The van der Waals surface area contributed by atoms with Crippen molar-refractivity contribution in [1.82, 2.24) is 15.2 Å². The minimum absolute atomic E-state index is 0.0460. The van der Waals surface area contributed by atoms with Crippen molar-refractivity contribution < 1.29 is 9.53 Å². The van der Waals surface area contributed by atoms with Crippen LogP contribution in [0.3, 0.4) is 0 Å². The van der Waals surface area contributed by atoms with Crippen molar-refractivity contribution in [2.75, 3.05) is 19.7 Å². The van der Waals surface area contributed by atoms with Gasteiger partial charge >= 0.3 is 0 Å². The number of carbonyl (C=O) groups excluding carboxylic acids is 1. The average Bonchev–Trinajstić information content (AvgIpc) is 2.98. The van der Waals surface area contributed by atoms with E-state index in [9.17, 15) is 4.79 Å². The molecule has 5 rings (SSSR count). The molecule has 0 aliphatic carbocycles. The van der Waals surface area contributed by atoms with Crippen LogP contribution < -0.4 is 10.1 Å². The SMILES string of the molecule is CC1C(NC(=O)c2cc3c(cn2)OCC3)C2CCN1CC2. The van der Waals surface area contributed by atoms with E-state index in [1.54, 1.807) is 6.20 Å². The molecule has 2 bridgehead atoms. The summed E-state index contributed by atoms with van der Waals surface area (Å²) in [6, 6.07) is 2.56. The molecule has 0 saturated carbocycles. The van der Waals surface area contributed by atoms with Crippen LogP contribution in [-0.4, -0.2) is 47.6 Å². The van der Waals surface area contributed by atoms with Gasteiger partial charge in [0.2, 0.25) is 0 Å². The maximum atomic E-state index is 12.5. The molecule has 112 valence electrons. The van der Waals surface area contributed by atoms with E-state index in [2.05, 4.69) is 22.1 Å². The second-order valence-corrected chi connectivity index (χ2v) is 6.39. The largest absolute Gasteiger partial charge is 0.491 e. The van der Waals surface area contributed by atoms with Gasteiger partial charge in [-0.2, -0.15) is 0 Å². The zero-order valence-electron chi connectivity index (χ0n) is 12.3. The number of hydrogen-bond donors (Lipinski definition) is 1. The molecule has 1 N–H and O–H groups in total. The van der Waals surface area contributed by atoms with Crippen LogP contribution >= 0.6 is 0 Å². The lowest BCUT2D eigenvalue weighted by Crippen LogP contribution is -2.62. The second-order valence-electron chi connectivity index (χ2n) is 6.39. The number of ether oxygens (including phenoxy) is 1. The number of nitrogens with one attached hydrogen (secondary N) is 1. The second kappa shape index (κ2) is 4.98. The van der Waals surface area contributed by atoms with Gasteiger partial charge in [-0.1, -0.05) is 0 Å². The maximum absolute atomic E-state index is 12.5. The fourth-order valence-electron chi connectivity index (χ4n) is 3.98. The molecule has 1 aromatic rings. The first-order chi connectivity index (χ1) is 10.2. The zero-order valence-corrected chi connectivity index (χ0v) is 12.3. The van der Waals surface area contributed by atoms with Gasteiger partial charge in [-0.25, -0.2) is 4.98 Å². The van der Waals surface area contributed by atoms with Crippen LogP contribution in [0.15, 0.2) is 12.3 Å². The number of amides is 1. The van der Waals surface area contributed by atoms with E-state index in [0.29, 0.717) is 24.3 Å². The van der Waals surface area contributed by atoms with Crippen LogP contribution in [0.5, 0.6) is 5.75 Å². The number of aromatic nitrogens is 1. The Balaban J connectivity index is 1.50. The van der Waals surface area contributed by atoms with Gasteiger partial charge in [-0.15, -0.1) is 0 Å². The molecule has 4 aliphatic rings. The molecule has 2 unspecified atom stereocenters. The van der Waals surface area contributed by atoms with E-state index in [1.165, 1.54) is 25.9 Å². The highest BCUT2D eigenvalue weighted by Crippen LogP contribution is 2.32. The summed E-state index contributed by atoms with van der Waals surface area (Å²) < 4.78 is 5.44. The molecule has 1 aromatic heterocycles. The molecule has 5 nitrogen and oxygen atoms in total. The fourth-order valence-corrected chi connectivity index (χ4v) is 3.98. The Hall–Kier alpha value is -1.62. The van der Waals surface area contributed by atoms with Gasteiger partial charge in [0.1, 0.15) is 11.4 Å². The van der Waals surface area contributed by atoms with E-state index in [1.807, 2.05) is 6.07 Å². The summed E-state index contributed by atoms with van der Waals surface area (Å²) in [4.78, 5) is 19.2. The molecule has 1 amide bonds. The van der Waals surface area contributed by atoms with Gasteiger partial charge in [0, 0.05) is 24.1 Å². The lowest BCUT2D eigenvalue weighted by Gasteiger charge is -2.49.